The number of esters is 1. The lowest BCUT2D eigenvalue weighted by Crippen LogP contribution is -2.46. The normalized spacial score (nSPS) is 24.0. The molecule has 4 atom stereocenters. The summed E-state index contributed by atoms with van der Waals surface area (Å²) in [5.74, 6) is -2.41. The van der Waals surface area contributed by atoms with Crippen molar-refractivity contribution >= 4 is 35.5 Å². The Morgan fingerprint density at radius 2 is 1.61 bits per heavy atom. The number of carbonyl (C=O) groups is 4. The largest absolute Gasteiger partial charge is 0.497 e. The van der Waals surface area contributed by atoms with E-state index in [-0.39, 0.29) is 11.5 Å². The van der Waals surface area contributed by atoms with Crippen LogP contribution in [-0.2, 0) is 14.4 Å². The van der Waals surface area contributed by atoms with Crippen molar-refractivity contribution < 1.29 is 33.4 Å². The molecule has 3 heterocycles. The minimum Gasteiger partial charge on any atom is -0.497 e. The third-order valence-electron chi connectivity index (χ3n) is 6.59. The van der Waals surface area contributed by atoms with Crippen molar-refractivity contribution in [2.24, 2.45) is 16.9 Å². The fourth-order valence-corrected chi connectivity index (χ4v) is 5.07. The van der Waals surface area contributed by atoms with Crippen molar-refractivity contribution in [2.45, 2.75) is 19.0 Å². The van der Waals surface area contributed by atoms with Crippen molar-refractivity contribution in [3.63, 3.8) is 0 Å². The van der Waals surface area contributed by atoms with Gasteiger partial charge in [0.25, 0.3) is 0 Å². The van der Waals surface area contributed by atoms with Crippen molar-refractivity contribution in [3.8, 4) is 17.2 Å². The molecule has 0 aliphatic carbocycles. The van der Waals surface area contributed by atoms with Crippen LogP contribution in [0.25, 0.3) is 0 Å². The summed E-state index contributed by atoms with van der Waals surface area (Å²) in [6.45, 7) is 1.28. The van der Waals surface area contributed by atoms with Crippen LogP contribution in [0.3, 0.4) is 0 Å². The average Bonchev–Trinajstić information content (AvgIpc) is 3.35. The van der Waals surface area contributed by atoms with Crippen molar-refractivity contribution in [2.75, 3.05) is 19.1 Å². The topological polar surface area (TPSA) is 115 Å². The molecule has 2 amide bonds. The van der Waals surface area contributed by atoms with E-state index in [1.807, 2.05) is 0 Å². The van der Waals surface area contributed by atoms with Gasteiger partial charge in [-0.2, -0.15) is 5.10 Å². The zero-order valence-corrected chi connectivity index (χ0v) is 19.8. The number of hydrazone groups is 1. The fourth-order valence-electron chi connectivity index (χ4n) is 5.07. The molecule has 0 N–H and O–H groups in total. The maximum atomic E-state index is 13.8. The molecule has 3 aliphatic rings. The van der Waals surface area contributed by atoms with Gasteiger partial charge in [0.2, 0.25) is 11.8 Å². The van der Waals surface area contributed by atoms with E-state index in [9.17, 15) is 19.2 Å². The Balaban J connectivity index is 1.53. The highest BCUT2D eigenvalue weighted by Gasteiger charge is 2.64. The molecule has 36 heavy (non-hydrogen) atoms. The predicted octanol–water partition coefficient (Wildman–Crippen LogP) is 2.23. The Hall–Kier alpha value is -4.47. The van der Waals surface area contributed by atoms with Gasteiger partial charge in [0.1, 0.15) is 23.3 Å². The van der Waals surface area contributed by atoms with Gasteiger partial charge in [-0.25, -0.2) is 4.90 Å². The number of benzene rings is 2. The van der Waals surface area contributed by atoms with Crippen LogP contribution in [0.15, 0.2) is 59.7 Å². The van der Waals surface area contributed by atoms with Crippen molar-refractivity contribution in [1.82, 2.24) is 5.01 Å². The van der Waals surface area contributed by atoms with Crippen LogP contribution in [0.5, 0.6) is 17.2 Å². The third kappa shape index (κ3) is 3.62. The van der Waals surface area contributed by atoms with E-state index in [1.165, 1.54) is 56.6 Å². The van der Waals surface area contributed by atoms with E-state index in [0.29, 0.717) is 22.8 Å². The van der Waals surface area contributed by atoms with Crippen molar-refractivity contribution in [1.29, 1.82) is 0 Å². The van der Waals surface area contributed by atoms with E-state index >= 15 is 0 Å². The number of anilines is 1. The molecule has 10 heteroatoms. The minimum absolute atomic E-state index is 0.287. The number of amides is 2. The molecule has 2 fully saturated rings. The molecule has 2 saturated heterocycles. The minimum atomic E-state index is -0.994. The Morgan fingerprint density at radius 3 is 2.28 bits per heavy atom. The second kappa shape index (κ2) is 8.95. The lowest BCUT2D eigenvalue weighted by atomic mass is 9.86. The Morgan fingerprint density at radius 1 is 0.917 bits per heavy atom. The summed E-state index contributed by atoms with van der Waals surface area (Å²) in [7, 11) is 2.95. The first kappa shape index (κ1) is 23.3. The Kier molecular flexibility index (Phi) is 5.79. The molecule has 0 bridgehead atoms. The summed E-state index contributed by atoms with van der Waals surface area (Å²) in [5, 5.41) is 5.89. The summed E-state index contributed by atoms with van der Waals surface area (Å²) in [6, 6.07) is 9.33. The number of hydrogen-bond donors (Lipinski definition) is 0. The molecule has 0 saturated carbocycles. The summed E-state index contributed by atoms with van der Waals surface area (Å²) in [6.07, 6.45) is 5.01. The first-order valence-electron chi connectivity index (χ1n) is 11.3. The zero-order chi connectivity index (χ0) is 25.6. The SMILES string of the molecule is COc1ccc(N2C(=O)[C@@H]3[C@H](C2=O)[C@H]2C=CC=NN2[C@@H]3C(=O)c2ccc(OC(C)=O)cc2)c(OC)c1. The average molecular weight is 489 g/mol. The number of ketones is 1. The van der Waals surface area contributed by atoms with Crippen LogP contribution in [0, 0.1) is 11.8 Å². The van der Waals surface area contributed by atoms with Gasteiger partial charge >= 0.3 is 5.97 Å². The molecular formula is C26H23N3O7. The Labute approximate surface area is 206 Å². The second-order valence-corrected chi connectivity index (χ2v) is 8.55. The van der Waals surface area contributed by atoms with Gasteiger partial charge in [0.05, 0.1) is 37.8 Å². The van der Waals surface area contributed by atoms with E-state index < -0.39 is 41.7 Å². The molecule has 0 aromatic heterocycles. The number of nitrogens with zero attached hydrogens (tertiary/aromatic N) is 3. The van der Waals surface area contributed by atoms with Crippen LogP contribution in [0.2, 0.25) is 0 Å². The maximum absolute atomic E-state index is 13.8. The van der Waals surface area contributed by atoms with E-state index in [4.69, 9.17) is 14.2 Å². The molecule has 184 valence electrons. The Bertz CT molecular complexity index is 1320. The number of ether oxygens (including phenoxy) is 3. The molecule has 2 aromatic carbocycles. The fraction of sp³-hybridized carbons (Fsp3) is 0.269. The third-order valence-corrected chi connectivity index (χ3v) is 6.59. The summed E-state index contributed by atoms with van der Waals surface area (Å²) >= 11 is 0. The molecule has 10 nitrogen and oxygen atoms in total. The first-order valence-corrected chi connectivity index (χ1v) is 11.3. The van der Waals surface area contributed by atoms with Crippen LogP contribution in [0.4, 0.5) is 5.69 Å². The van der Waals surface area contributed by atoms with Gasteiger partial charge in [0.15, 0.2) is 5.78 Å². The quantitative estimate of drug-likeness (QED) is 0.263. The lowest BCUT2D eigenvalue weighted by Gasteiger charge is -2.30. The summed E-state index contributed by atoms with van der Waals surface area (Å²) in [5.41, 5.74) is 0.593. The molecule has 0 radical (unpaired) electrons. The first-order chi connectivity index (χ1) is 17.3. The number of carbonyl (C=O) groups excluding carboxylic acids is 4. The highest BCUT2D eigenvalue weighted by molar-refractivity contribution is 6.25. The van der Waals surface area contributed by atoms with Gasteiger partial charge < -0.3 is 14.2 Å². The molecule has 0 unspecified atom stereocenters. The monoisotopic (exact) mass is 489 g/mol. The number of allylic oxidation sites excluding steroid dienone is 1. The predicted molar refractivity (Wildman–Crippen MR) is 128 cm³/mol. The highest BCUT2D eigenvalue weighted by Crippen LogP contribution is 2.48. The van der Waals surface area contributed by atoms with Gasteiger partial charge in [-0.3, -0.25) is 24.2 Å². The van der Waals surface area contributed by atoms with E-state index in [2.05, 4.69) is 5.10 Å². The van der Waals surface area contributed by atoms with Gasteiger partial charge in [-0.1, -0.05) is 6.08 Å². The van der Waals surface area contributed by atoms with Gasteiger partial charge in [-0.15, -0.1) is 0 Å². The maximum Gasteiger partial charge on any atom is 0.308 e. The number of rotatable bonds is 6. The summed E-state index contributed by atoms with van der Waals surface area (Å²) < 4.78 is 15.7. The summed E-state index contributed by atoms with van der Waals surface area (Å²) in [4.78, 5) is 53.5. The van der Waals surface area contributed by atoms with Gasteiger partial charge in [-0.05, 0) is 42.5 Å². The second-order valence-electron chi connectivity index (χ2n) is 8.55. The molecule has 2 aromatic rings. The smallest absolute Gasteiger partial charge is 0.308 e. The van der Waals surface area contributed by atoms with Gasteiger partial charge in [0, 0.05) is 24.8 Å². The lowest BCUT2D eigenvalue weighted by molar-refractivity contribution is -0.132. The van der Waals surface area contributed by atoms with Crippen LogP contribution >= 0.6 is 0 Å². The number of Topliss-reactive ketones (excluding diaryl/α,β-unsaturated/α-hetero) is 1. The van der Waals surface area contributed by atoms with Crippen molar-refractivity contribution in [3.05, 3.63) is 60.2 Å². The van der Waals surface area contributed by atoms with Crippen LogP contribution in [0.1, 0.15) is 17.3 Å². The van der Waals surface area contributed by atoms with Crippen LogP contribution < -0.4 is 19.1 Å². The molecule has 3 aliphatic heterocycles. The van der Waals surface area contributed by atoms with E-state index in [1.54, 1.807) is 30.4 Å². The van der Waals surface area contributed by atoms with E-state index in [0.717, 1.165) is 4.90 Å². The number of imide groups is 1. The number of hydrogen-bond acceptors (Lipinski definition) is 9. The number of fused-ring (bicyclic) bond motifs is 3. The standard InChI is InChI=1S/C26H23N3O7/c1-14(30)36-16-8-6-15(7-9-16)24(31)23-22-21(19-5-4-12-27-29(19)23)25(32)28(26(22)33)18-11-10-17(34-2)13-20(18)35-3/h4-13,19,21-23H,1-3H3/t19-,21-,22-,23+/m1/s1. The molecule has 0 spiro atoms. The zero-order valence-electron chi connectivity index (χ0n) is 19.8. The van der Waals surface area contributed by atoms with Crippen LogP contribution in [-0.4, -0.2) is 61.1 Å². The molecule has 5 rings (SSSR count). The highest BCUT2D eigenvalue weighted by atomic mass is 16.5. The number of methoxy groups -OCH3 is 2. The molecular weight excluding hydrogens is 466 g/mol.